The highest BCUT2D eigenvalue weighted by Crippen LogP contribution is 2.24. The molecule has 1 aliphatic heterocycles. The molecule has 1 aliphatic rings. The Morgan fingerprint density at radius 3 is 2.10 bits per heavy atom. The van der Waals surface area contributed by atoms with Gasteiger partial charge in [0.1, 0.15) is 17.5 Å². The monoisotopic (exact) mass is 433 g/mol. The molecule has 1 saturated heterocycles. The first-order valence-corrected chi connectivity index (χ1v) is 11.3. The number of likely N-dealkylation sites (N-methyl/N-ethyl adjacent to an activating group) is 1. The number of nitrogen functional groups attached to an aromatic ring is 2. The van der Waals surface area contributed by atoms with Crippen molar-refractivity contribution in [2.24, 2.45) is 0 Å². The van der Waals surface area contributed by atoms with Crippen molar-refractivity contribution in [1.29, 1.82) is 0 Å². The van der Waals surface area contributed by atoms with E-state index in [4.69, 9.17) is 11.5 Å². The van der Waals surface area contributed by atoms with Gasteiger partial charge in [-0.3, -0.25) is 9.80 Å². The van der Waals surface area contributed by atoms with Gasteiger partial charge in [0.05, 0.1) is 0 Å². The van der Waals surface area contributed by atoms with Crippen LogP contribution in [0.15, 0.2) is 29.4 Å². The quantitative estimate of drug-likeness (QED) is 0.456. The van der Waals surface area contributed by atoms with E-state index in [1.165, 1.54) is 12.1 Å². The van der Waals surface area contributed by atoms with Crippen LogP contribution in [-0.2, 0) is 6.42 Å². The van der Waals surface area contributed by atoms with Gasteiger partial charge in [0, 0.05) is 63.6 Å². The van der Waals surface area contributed by atoms with E-state index in [1.807, 2.05) is 0 Å². The fourth-order valence-corrected chi connectivity index (χ4v) is 4.25. The summed E-state index contributed by atoms with van der Waals surface area (Å²) in [5.41, 5.74) is 13.9. The zero-order valence-corrected chi connectivity index (χ0v) is 18.7. The summed E-state index contributed by atoms with van der Waals surface area (Å²) < 4.78 is 13.1. The van der Waals surface area contributed by atoms with Gasteiger partial charge in [-0.2, -0.15) is 0 Å². The van der Waals surface area contributed by atoms with Crippen molar-refractivity contribution in [1.82, 2.24) is 24.7 Å². The number of hydrogen-bond acceptors (Lipinski definition) is 8. The molecule has 7 nitrogen and oxygen atoms in total. The molecule has 9 heteroatoms. The van der Waals surface area contributed by atoms with Gasteiger partial charge in [0.2, 0.25) is 0 Å². The molecule has 0 atom stereocenters. The predicted molar refractivity (Wildman–Crippen MR) is 122 cm³/mol. The third-order valence-corrected chi connectivity index (χ3v) is 6.14. The smallest absolute Gasteiger partial charge is 0.191 e. The number of piperazine rings is 1. The van der Waals surface area contributed by atoms with Crippen molar-refractivity contribution in [3.8, 4) is 0 Å². The first-order valence-electron chi connectivity index (χ1n) is 10.3. The first kappa shape index (κ1) is 22.7. The van der Waals surface area contributed by atoms with Crippen LogP contribution in [0.3, 0.4) is 0 Å². The SMILES string of the molecule is CN(C)CCN1CCN(CCSc2nc(N)c(Cc3ccc(F)cc3)c(N)n2)CC1. The molecule has 1 aromatic heterocycles. The minimum atomic E-state index is -0.266. The molecule has 0 unspecified atom stereocenters. The van der Waals surface area contributed by atoms with Crippen LogP contribution >= 0.6 is 11.8 Å². The van der Waals surface area contributed by atoms with E-state index in [9.17, 15) is 4.39 Å². The number of rotatable bonds is 9. The largest absolute Gasteiger partial charge is 0.383 e. The summed E-state index contributed by atoms with van der Waals surface area (Å²) in [6, 6.07) is 6.29. The van der Waals surface area contributed by atoms with Gasteiger partial charge < -0.3 is 16.4 Å². The fraction of sp³-hybridized carbons (Fsp3) is 0.524. The fourth-order valence-electron chi connectivity index (χ4n) is 3.39. The Morgan fingerprint density at radius 2 is 1.53 bits per heavy atom. The zero-order chi connectivity index (χ0) is 21.5. The van der Waals surface area contributed by atoms with Crippen LogP contribution < -0.4 is 11.5 Å². The molecule has 0 radical (unpaired) electrons. The Labute approximate surface area is 182 Å². The van der Waals surface area contributed by atoms with E-state index in [0.29, 0.717) is 28.8 Å². The summed E-state index contributed by atoms with van der Waals surface area (Å²) in [4.78, 5) is 16.1. The van der Waals surface area contributed by atoms with Crippen molar-refractivity contribution in [3.05, 3.63) is 41.2 Å². The van der Waals surface area contributed by atoms with Crippen molar-refractivity contribution in [2.75, 3.05) is 77.1 Å². The molecule has 0 saturated carbocycles. The maximum Gasteiger partial charge on any atom is 0.191 e. The number of nitrogens with zero attached hydrogens (tertiary/aromatic N) is 5. The normalized spacial score (nSPS) is 15.7. The lowest BCUT2D eigenvalue weighted by Crippen LogP contribution is -2.48. The maximum absolute atomic E-state index is 13.1. The summed E-state index contributed by atoms with van der Waals surface area (Å²) in [7, 11) is 4.23. The number of hydrogen-bond donors (Lipinski definition) is 2. The van der Waals surface area contributed by atoms with Gasteiger partial charge in [-0.15, -0.1) is 0 Å². The molecule has 164 valence electrons. The highest BCUT2D eigenvalue weighted by molar-refractivity contribution is 7.99. The van der Waals surface area contributed by atoms with Gasteiger partial charge >= 0.3 is 0 Å². The average Bonchev–Trinajstić information content (AvgIpc) is 2.71. The van der Waals surface area contributed by atoms with E-state index < -0.39 is 0 Å². The Balaban J connectivity index is 1.45. The van der Waals surface area contributed by atoms with E-state index in [2.05, 4.69) is 38.8 Å². The molecular formula is C21H32FN7S. The molecule has 30 heavy (non-hydrogen) atoms. The third-order valence-electron chi connectivity index (χ3n) is 5.31. The van der Waals surface area contributed by atoms with Crippen LogP contribution in [0.5, 0.6) is 0 Å². The molecule has 2 aromatic rings. The predicted octanol–water partition coefficient (Wildman–Crippen LogP) is 1.64. The van der Waals surface area contributed by atoms with Gasteiger partial charge in [0.25, 0.3) is 0 Å². The average molecular weight is 434 g/mol. The Hall–Kier alpha value is -1.94. The number of nitrogens with two attached hydrogens (primary N) is 2. The molecule has 1 aromatic carbocycles. The molecule has 3 rings (SSSR count). The Kier molecular flexibility index (Phi) is 8.26. The lowest BCUT2D eigenvalue weighted by atomic mass is 10.1. The van der Waals surface area contributed by atoms with Crippen molar-refractivity contribution >= 4 is 23.4 Å². The van der Waals surface area contributed by atoms with Crippen LogP contribution in [0, 0.1) is 5.82 Å². The molecule has 0 bridgehead atoms. The van der Waals surface area contributed by atoms with Crippen molar-refractivity contribution < 1.29 is 4.39 Å². The highest BCUT2D eigenvalue weighted by Gasteiger charge is 2.17. The number of halogens is 1. The van der Waals surface area contributed by atoms with Crippen molar-refractivity contribution in [3.63, 3.8) is 0 Å². The summed E-state index contributed by atoms with van der Waals surface area (Å²) in [5.74, 6) is 1.42. The topological polar surface area (TPSA) is 87.5 Å². The van der Waals surface area contributed by atoms with E-state index in [-0.39, 0.29) is 5.82 Å². The van der Waals surface area contributed by atoms with Crippen LogP contribution in [0.25, 0.3) is 0 Å². The number of thioether (sulfide) groups is 1. The lowest BCUT2D eigenvalue weighted by Gasteiger charge is -2.35. The minimum Gasteiger partial charge on any atom is -0.383 e. The molecule has 0 spiro atoms. The minimum absolute atomic E-state index is 0.266. The second-order valence-electron chi connectivity index (χ2n) is 7.89. The second kappa shape index (κ2) is 10.9. The van der Waals surface area contributed by atoms with Crippen LogP contribution in [0.4, 0.5) is 16.0 Å². The third kappa shape index (κ3) is 6.80. The number of benzene rings is 1. The second-order valence-corrected chi connectivity index (χ2v) is 8.96. The number of aromatic nitrogens is 2. The molecular weight excluding hydrogens is 401 g/mol. The van der Waals surface area contributed by atoms with Gasteiger partial charge in [-0.1, -0.05) is 23.9 Å². The summed E-state index contributed by atoms with van der Waals surface area (Å²) in [6.07, 6.45) is 0.487. The van der Waals surface area contributed by atoms with Crippen molar-refractivity contribution in [2.45, 2.75) is 11.6 Å². The summed E-state index contributed by atoms with van der Waals surface area (Å²) in [6.45, 7) is 7.65. The summed E-state index contributed by atoms with van der Waals surface area (Å²) >= 11 is 1.58. The number of anilines is 2. The van der Waals surface area contributed by atoms with E-state index in [1.54, 1.807) is 23.9 Å². The summed E-state index contributed by atoms with van der Waals surface area (Å²) in [5, 5.41) is 0.609. The maximum atomic E-state index is 13.1. The van der Waals surface area contributed by atoms with E-state index in [0.717, 1.165) is 57.1 Å². The molecule has 1 fully saturated rings. The molecule has 2 heterocycles. The van der Waals surface area contributed by atoms with Gasteiger partial charge in [-0.05, 0) is 31.8 Å². The van der Waals surface area contributed by atoms with Gasteiger partial charge in [-0.25, -0.2) is 14.4 Å². The highest BCUT2D eigenvalue weighted by atomic mass is 32.2. The molecule has 0 amide bonds. The first-order chi connectivity index (χ1) is 14.4. The molecule has 4 N–H and O–H groups in total. The van der Waals surface area contributed by atoms with Gasteiger partial charge in [0.15, 0.2) is 5.16 Å². The van der Waals surface area contributed by atoms with Crippen LogP contribution in [0.2, 0.25) is 0 Å². The zero-order valence-electron chi connectivity index (χ0n) is 17.9. The standard InChI is InChI=1S/C21H32FN7S/c1-27(2)7-8-28-9-11-29(12-10-28)13-14-30-21-25-19(23)18(20(24)26-21)15-16-3-5-17(22)6-4-16/h3-6H,7-15H2,1-2H3,(H4,23,24,25,26). The molecule has 0 aliphatic carbocycles. The van der Waals surface area contributed by atoms with Crippen LogP contribution in [0.1, 0.15) is 11.1 Å². The lowest BCUT2D eigenvalue weighted by molar-refractivity contribution is 0.130. The Bertz CT molecular complexity index is 784. The van der Waals surface area contributed by atoms with E-state index >= 15 is 0 Å². The Morgan fingerprint density at radius 1 is 0.967 bits per heavy atom. The van der Waals surface area contributed by atoms with Crippen LogP contribution in [-0.4, -0.2) is 90.3 Å².